The van der Waals surface area contributed by atoms with Gasteiger partial charge in [-0.25, -0.2) is 4.98 Å². The summed E-state index contributed by atoms with van der Waals surface area (Å²) in [6.07, 6.45) is 2.64. The summed E-state index contributed by atoms with van der Waals surface area (Å²) in [6, 6.07) is 1.36. The van der Waals surface area contributed by atoms with Crippen LogP contribution in [0.5, 0.6) is 0 Å². The van der Waals surface area contributed by atoms with Crippen LogP contribution in [0, 0.1) is 11.8 Å². The number of aromatic nitrogens is 2. The van der Waals surface area contributed by atoms with E-state index < -0.39 is 0 Å². The van der Waals surface area contributed by atoms with Gasteiger partial charge in [-0.2, -0.15) is 0 Å². The van der Waals surface area contributed by atoms with Crippen LogP contribution in [0.1, 0.15) is 20.3 Å². The van der Waals surface area contributed by atoms with Crippen molar-refractivity contribution in [2.75, 3.05) is 18.8 Å². The molecule has 1 aliphatic heterocycles. The topological polar surface area (TPSA) is 66.1 Å². The number of likely N-dealkylation sites (tertiary alicyclic amines) is 1. The highest BCUT2D eigenvalue weighted by atomic mass is 32.2. The van der Waals surface area contributed by atoms with Crippen molar-refractivity contribution >= 4 is 17.7 Å². The minimum Gasteiger partial charge on any atom is -0.341 e. The summed E-state index contributed by atoms with van der Waals surface area (Å²) < 4.78 is 0. The largest absolute Gasteiger partial charge is 0.341 e. The Balaban J connectivity index is 1.89. The predicted octanol–water partition coefficient (Wildman–Crippen LogP) is 1.37. The summed E-state index contributed by atoms with van der Waals surface area (Å²) in [5.74, 6) is 1.57. The van der Waals surface area contributed by atoms with Crippen molar-refractivity contribution in [3.8, 4) is 0 Å². The quantitative estimate of drug-likeness (QED) is 0.671. The highest BCUT2D eigenvalue weighted by Gasteiger charge is 2.25. The normalized spacial score (nSPS) is 23.4. The molecule has 1 N–H and O–H groups in total. The van der Waals surface area contributed by atoms with Crippen LogP contribution in [0.2, 0.25) is 0 Å². The number of hydrogen-bond acceptors (Lipinski definition) is 4. The van der Waals surface area contributed by atoms with Crippen LogP contribution in [0.4, 0.5) is 0 Å². The summed E-state index contributed by atoms with van der Waals surface area (Å²) in [5.41, 5.74) is -0.190. The van der Waals surface area contributed by atoms with E-state index in [0.717, 1.165) is 13.1 Å². The van der Waals surface area contributed by atoms with Gasteiger partial charge in [0, 0.05) is 25.4 Å². The maximum Gasteiger partial charge on any atom is 0.251 e. The SMILES string of the molecule is C[C@H]1C[C@H](C)CN(C(=O)CSc2nccc(=O)[nH]2)C1. The van der Waals surface area contributed by atoms with Crippen LogP contribution in [-0.2, 0) is 4.79 Å². The second kappa shape index (κ2) is 6.23. The number of amides is 1. The molecule has 104 valence electrons. The van der Waals surface area contributed by atoms with Crippen LogP contribution in [0.15, 0.2) is 22.2 Å². The lowest BCUT2D eigenvalue weighted by atomic mass is 9.92. The summed E-state index contributed by atoms with van der Waals surface area (Å²) in [6.45, 7) is 6.03. The summed E-state index contributed by atoms with van der Waals surface area (Å²) in [5, 5.41) is 0.499. The van der Waals surface area contributed by atoms with Gasteiger partial charge in [-0.1, -0.05) is 25.6 Å². The van der Waals surface area contributed by atoms with Crippen molar-refractivity contribution in [3.05, 3.63) is 22.6 Å². The van der Waals surface area contributed by atoms with E-state index >= 15 is 0 Å². The standard InChI is InChI=1S/C13H19N3O2S/c1-9-5-10(2)7-16(6-9)12(18)8-19-13-14-4-3-11(17)15-13/h3-4,9-10H,5-8H2,1-2H3,(H,14,15,17)/t9-,10-/m0/s1. The third kappa shape index (κ3) is 4.09. The van der Waals surface area contributed by atoms with E-state index in [9.17, 15) is 9.59 Å². The highest BCUT2D eigenvalue weighted by molar-refractivity contribution is 7.99. The van der Waals surface area contributed by atoms with Crippen LogP contribution in [0.3, 0.4) is 0 Å². The highest BCUT2D eigenvalue weighted by Crippen LogP contribution is 2.22. The average molecular weight is 281 g/mol. The van der Waals surface area contributed by atoms with Crippen molar-refractivity contribution in [1.29, 1.82) is 0 Å². The molecule has 1 aromatic rings. The van der Waals surface area contributed by atoms with Gasteiger partial charge in [-0.3, -0.25) is 9.59 Å². The molecule has 1 aromatic heterocycles. The smallest absolute Gasteiger partial charge is 0.251 e. The van der Waals surface area contributed by atoms with Gasteiger partial charge in [0.25, 0.3) is 5.56 Å². The van der Waals surface area contributed by atoms with Crippen molar-refractivity contribution in [3.63, 3.8) is 0 Å². The van der Waals surface area contributed by atoms with Gasteiger partial charge in [0.15, 0.2) is 5.16 Å². The first kappa shape index (κ1) is 14.1. The third-order valence-corrected chi connectivity index (χ3v) is 4.07. The predicted molar refractivity (Wildman–Crippen MR) is 75.1 cm³/mol. The molecule has 0 saturated carbocycles. The van der Waals surface area contributed by atoms with Crippen molar-refractivity contribution in [2.45, 2.75) is 25.4 Å². The molecule has 2 heterocycles. The number of aromatic amines is 1. The van der Waals surface area contributed by atoms with Gasteiger partial charge in [-0.05, 0) is 18.3 Å². The van der Waals surface area contributed by atoms with Gasteiger partial charge in [0.1, 0.15) is 0 Å². The molecule has 1 saturated heterocycles. The lowest BCUT2D eigenvalue weighted by Gasteiger charge is -2.34. The number of thioether (sulfide) groups is 1. The molecular weight excluding hydrogens is 262 g/mol. The number of carbonyl (C=O) groups is 1. The summed E-state index contributed by atoms with van der Waals surface area (Å²) >= 11 is 1.28. The fourth-order valence-corrected chi connectivity index (χ4v) is 3.26. The van der Waals surface area contributed by atoms with E-state index in [4.69, 9.17) is 0 Å². The first-order valence-corrected chi connectivity index (χ1v) is 7.49. The number of nitrogens with zero attached hydrogens (tertiary/aromatic N) is 2. The molecule has 0 spiro atoms. The second-order valence-electron chi connectivity index (χ2n) is 5.27. The molecule has 2 atom stereocenters. The molecule has 2 rings (SSSR count). The van der Waals surface area contributed by atoms with Crippen LogP contribution in [-0.4, -0.2) is 39.6 Å². The Morgan fingerprint density at radius 2 is 2.16 bits per heavy atom. The van der Waals surface area contributed by atoms with E-state index in [-0.39, 0.29) is 11.5 Å². The zero-order valence-corrected chi connectivity index (χ0v) is 12.1. The lowest BCUT2D eigenvalue weighted by molar-refractivity contribution is -0.130. The molecule has 6 heteroatoms. The molecule has 0 aromatic carbocycles. The van der Waals surface area contributed by atoms with E-state index in [2.05, 4.69) is 23.8 Å². The van der Waals surface area contributed by atoms with E-state index in [1.165, 1.54) is 30.4 Å². The van der Waals surface area contributed by atoms with E-state index in [0.29, 0.717) is 22.7 Å². The molecule has 0 radical (unpaired) electrons. The number of nitrogens with one attached hydrogen (secondary N) is 1. The lowest BCUT2D eigenvalue weighted by Crippen LogP contribution is -2.43. The first-order chi connectivity index (χ1) is 9.04. The van der Waals surface area contributed by atoms with Gasteiger partial charge >= 0.3 is 0 Å². The Morgan fingerprint density at radius 1 is 1.47 bits per heavy atom. The average Bonchev–Trinajstić information content (AvgIpc) is 2.35. The fourth-order valence-electron chi connectivity index (χ4n) is 2.51. The number of rotatable bonds is 3. The summed E-state index contributed by atoms with van der Waals surface area (Å²) in [4.78, 5) is 31.8. The van der Waals surface area contributed by atoms with Crippen LogP contribution >= 0.6 is 11.8 Å². The number of hydrogen-bond donors (Lipinski definition) is 1. The molecule has 0 bridgehead atoms. The molecule has 1 aliphatic rings. The Bertz CT molecular complexity index is 493. The Hall–Kier alpha value is -1.30. The van der Waals surface area contributed by atoms with Crippen molar-refractivity contribution in [2.24, 2.45) is 11.8 Å². The Kier molecular flexibility index (Phi) is 4.63. The van der Waals surface area contributed by atoms with Gasteiger partial charge < -0.3 is 9.88 Å². The molecule has 1 amide bonds. The summed E-state index contributed by atoms with van der Waals surface area (Å²) in [7, 11) is 0. The van der Waals surface area contributed by atoms with E-state index in [1.54, 1.807) is 0 Å². The number of carbonyl (C=O) groups excluding carboxylic acids is 1. The van der Waals surface area contributed by atoms with Crippen LogP contribution in [0.25, 0.3) is 0 Å². The maximum absolute atomic E-state index is 12.1. The van der Waals surface area contributed by atoms with Gasteiger partial charge in [0.05, 0.1) is 5.75 Å². The fraction of sp³-hybridized carbons (Fsp3) is 0.615. The first-order valence-electron chi connectivity index (χ1n) is 6.50. The molecule has 5 nitrogen and oxygen atoms in total. The molecule has 19 heavy (non-hydrogen) atoms. The van der Waals surface area contributed by atoms with Gasteiger partial charge in [0.2, 0.25) is 5.91 Å². The van der Waals surface area contributed by atoms with E-state index in [1.807, 2.05) is 4.90 Å². The zero-order chi connectivity index (χ0) is 13.8. The molecule has 0 aliphatic carbocycles. The Labute approximate surface area is 116 Å². The van der Waals surface area contributed by atoms with Crippen molar-refractivity contribution in [1.82, 2.24) is 14.9 Å². The number of H-pyrrole nitrogens is 1. The molecule has 0 unspecified atom stereocenters. The molecular formula is C13H19N3O2S. The zero-order valence-electron chi connectivity index (χ0n) is 11.3. The third-order valence-electron chi connectivity index (χ3n) is 3.20. The van der Waals surface area contributed by atoms with Crippen LogP contribution < -0.4 is 5.56 Å². The Morgan fingerprint density at radius 3 is 2.79 bits per heavy atom. The number of piperidine rings is 1. The monoisotopic (exact) mass is 281 g/mol. The minimum atomic E-state index is -0.190. The maximum atomic E-state index is 12.1. The minimum absolute atomic E-state index is 0.120. The van der Waals surface area contributed by atoms with Crippen molar-refractivity contribution < 1.29 is 4.79 Å². The molecule has 1 fully saturated rings. The van der Waals surface area contributed by atoms with Gasteiger partial charge in [-0.15, -0.1) is 0 Å². The second-order valence-corrected chi connectivity index (χ2v) is 6.24.